The van der Waals surface area contributed by atoms with E-state index in [4.69, 9.17) is 0 Å². The summed E-state index contributed by atoms with van der Waals surface area (Å²) in [6.07, 6.45) is 0. The van der Waals surface area contributed by atoms with Crippen molar-refractivity contribution in [1.82, 2.24) is 0 Å². The minimum absolute atomic E-state index is 0.0350. The Hall–Kier alpha value is -2.68. The normalized spacial score (nSPS) is 11.1. The molecule has 0 aliphatic carbocycles. The Labute approximate surface area is 118 Å². The number of benzene rings is 2. The molecular formula is C12H9FN2O5S. The lowest BCUT2D eigenvalue weighted by molar-refractivity contribution is -0.385. The molecule has 2 N–H and O–H groups in total. The summed E-state index contributed by atoms with van der Waals surface area (Å²) in [5.74, 6) is -1.41. The molecule has 2 rings (SSSR count). The standard InChI is InChI=1S/C12H9FN2O5S/c13-11-7-9(15(17)18)4-5-12(11)21(19,20)14-8-2-1-3-10(16)6-8/h1-7,14,16H. The molecule has 0 aliphatic rings. The van der Waals surface area contributed by atoms with Crippen molar-refractivity contribution in [3.8, 4) is 5.75 Å². The van der Waals surface area contributed by atoms with Crippen LogP contribution in [0.15, 0.2) is 47.4 Å². The molecule has 2 aromatic rings. The molecule has 0 amide bonds. The van der Waals surface area contributed by atoms with E-state index in [9.17, 15) is 28.0 Å². The molecule has 0 bridgehead atoms. The molecule has 110 valence electrons. The molecule has 0 unspecified atom stereocenters. The Morgan fingerprint density at radius 3 is 2.48 bits per heavy atom. The molecule has 0 fully saturated rings. The number of phenols is 1. The zero-order valence-electron chi connectivity index (χ0n) is 10.4. The smallest absolute Gasteiger partial charge is 0.272 e. The maximum atomic E-state index is 13.7. The molecule has 0 heterocycles. The monoisotopic (exact) mass is 312 g/mol. The number of nitrogens with one attached hydrogen (secondary N) is 1. The van der Waals surface area contributed by atoms with Crippen LogP contribution in [0.1, 0.15) is 0 Å². The molecule has 0 atom stereocenters. The average Bonchev–Trinajstić information content (AvgIpc) is 2.37. The largest absolute Gasteiger partial charge is 0.508 e. The van der Waals surface area contributed by atoms with Crippen LogP contribution in [0.5, 0.6) is 5.75 Å². The van der Waals surface area contributed by atoms with Crippen LogP contribution in [0, 0.1) is 15.9 Å². The fourth-order valence-electron chi connectivity index (χ4n) is 1.60. The first kappa shape index (κ1) is 14.7. The predicted octanol–water partition coefficient (Wildman–Crippen LogP) is 2.24. The van der Waals surface area contributed by atoms with Crippen molar-refractivity contribution in [2.75, 3.05) is 4.72 Å². The summed E-state index contributed by atoms with van der Waals surface area (Å²) >= 11 is 0. The van der Waals surface area contributed by atoms with E-state index in [0.717, 1.165) is 18.2 Å². The zero-order chi connectivity index (χ0) is 15.6. The van der Waals surface area contributed by atoms with Gasteiger partial charge in [0.05, 0.1) is 16.7 Å². The highest BCUT2D eigenvalue weighted by atomic mass is 32.2. The molecule has 9 heteroatoms. The predicted molar refractivity (Wildman–Crippen MR) is 72.0 cm³/mol. The number of nitrogens with zero attached hydrogens (tertiary/aromatic N) is 1. The summed E-state index contributed by atoms with van der Waals surface area (Å²) in [6.45, 7) is 0. The molecule has 0 aromatic heterocycles. The Balaban J connectivity index is 2.38. The lowest BCUT2D eigenvalue weighted by atomic mass is 10.3. The Kier molecular flexibility index (Phi) is 3.76. The van der Waals surface area contributed by atoms with E-state index in [1.807, 2.05) is 0 Å². The van der Waals surface area contributed by atoms with Gasteiger partial charge in [0.15, 0.2) is 5.82 Å². The van der Waals surface area contributed by atoms with E-state index in [-0.39, 0.29) is 11.4 Å². The van der Waals surface area contributed by atoms with Crippen LogP contribution >= 0.6 is 0 Å². The van der Waals surface area contributed by atoms with E-state index in [1.165, 1.54) is 18.2 Å². The fourth-order valence-corrected chi connectivity index (χ4v) is 2.71. The summed E-state index contributed by atoms with van der Waals surface area (Å²) in [6, 6.07) is 7.46. The second-order valence-electron chi connectivity index (χ2n) is 4.03. The van der Waals surface area contributed by atoms with Crippen LogP contribution in [0.25, 0.3) is 0 Å². The molecule has 0 radical (unpaired) electrons. The molecule has 21 heavy (non-hydrogen) atoms. The van der Waals surface area contributed by atoms with Gasteiger partial charge in [0.1, 0.15) is 10.6 Å². The Morgan fingerprint density at radius 2 is 1.90 bits per heavy atom. The number of sulfonamides is 1. The van der Waals surface area contributed by atoms with E-state index in [1.54, 1.807) is 0 Å². The highest BCUT2D eigenvalue weighted by molar-refractivity contribution is 7.92. The van der Waals surface area contributed by atoms with Crippen LogP contribution < -0.4 is 4.72 Å². The van der Waals surface area contributed by atoms with Gasteiger partial charge in [-0.2, -0.15) is 0 Å². The molecular weight excluding hydrogens is 303 g/mol. The van der Waals surface area contributed by atoms with E-state index in [2.05, 4.69) is 4.72 Å². The summed E-state index contributed by atoms with van der Waals surface area (Å²) in [5, 5.41) is 19.7. The fraction of sp³-hybridized carbons (Fsp3) is 0. The first-order chi connectivity index (χ1) is 9.79. The summed E-state index contributed by atoms with van der Waals surface area (Å²) in [5.41, 5.74) is -0.517. The molecule has 0 saturated carbocycles. The number of halogens is 1. The quantitative estimate of drug-likeness (QED) is 0.664. The second-order valence-corrected chi connectivity index (χ2v) is 5.68. The van der Waals surface area contributed by atoms with Crippen molar-refractivity contribution in [2.45, 2.75) is 4.90 Å². The third kappa shape index (κ3) is 3.26. The van der Waals surface area contributed by atoms with Gasteiger partial charge in [0.2, 0.25) is 0 Å². The minimum Gasteiger partial charge on any atom is -0.508 e. The van der Waals surface area contributed by atoms with Crippen LogP contribution in [-0.4, -0.2) is 18.4 Å². The SMILES string of the molecule is O=[N+]([O-])c1ccc(S(=O)(=O)Nc2cccc(O)c2)c(F)c1. The topological polar surface area (TPSA) is 110 Å². The van der Waals surface area contributed by atoms with E-state index in [0.29, 0.717) is 6.07 Å². The molecule has 0 aliphatic heterocycles. The van der Waals surface area contributed by atoms with Crippen LogP contribution in [0.4, 0.5) is 15.8 Å². The Morgan fingerprint density at radius 1 is 1.19 bits per heavy atom. The van der Waals surface area contributed by atoms with Crippen molar-refractivity contribution in [2.24, 2.45) is 0 Å². The van der Waals surface area contributed by atoms with Crippen LogP contribution in [0.3, 0.4) is 0 Å². The number of aromatic hydroxyl groups is 1. The van der Waals surface area contributed by atoms with Gasteiger partial charge in [-0.3, -0.25) is 14.8 Å². The molecule has 7 nitrogen and oxygen atoms in total. The van der Waals surface area contributed by atoms with Gasteiger partial charge < -0.3 is 5.11 Å². The molecule has 2 aromatic carbocycles. The highest BCUT2D eigenvalue weighted by Crippen LogP contribution is 2.24. The number of hydrogen-bond donors (Lipinski definition) is 2. The van der Waals surface area contributed by atoms with Crippen molar-refractivity contribution in [3.05, 3.63) is 58.4 Å². The third-order valence-corrected chi connectivity index (χ3v) is 3.93. The van der Waals surface area contributed by atoms with Crippen molar-refractivity contribution < 1.29 is 22.8 Å². The lowest BCUT2D eigenvalue weighted by Gasteiger charge is -2.09. The summed E-state index contributed by atoms with van der Waals surface area (Å²) < 4.78 is 39.8. The third-order valence-electron chi connectivity index (χ3n) is 2.51. The van der Waals surface area contributed by atoms with Gasteiger partial charge in [0, 0.05) is 12.1 Å². The van der Waals surface area contributed by atoms with Crippen molar-refractivity contribution in [1.29, 1.82) is 0 Å². The number of rotatable bonds is 4. The number of nitro benzene ring substituents is 1. The average molecular weight is 312 g/mol. The van der Waals surface area contributed by atoms with Crippen LogP contribution in [0.2, 0.25) is 0 Å². The number of hydrogen-bond acceptors (Lipinski definition) is 5. The van der Waals surface area contributed by atoms with Crippen molar-refractivity contribution in [3.63, 3.8) is 0 Å². The maximum Gasteiger partial charge on any atom is 0.272 e. The zero-order valence-corrected chi connectivity index (χ0v) is 11.2. The second kappa shape index (κ2) is 5.37. The van der Waals surface area contributed by atoms with Gasteiger partial charge in [-0.05, 0) is 18.2 Å². The van der Waals surface area contributed by atoms with E-state index >= 15 is 0 Å². The number of non-ortho nitro benzene ring substituents is 1. The number of nitro groups is 1. The number of anilines is 1. The number of phenolic OH excluding ortho intramolecular Hbond substituents is 1. The summed E-state index contributed by atoms with van der Waals surface area (Å²) in [4.78, 5) is 8.93. The van der Waals surface area contributed by atoms with Gasteiger partial charge in [-0.1, -0.05) is 6.07 Å². The van der Waals surface area contributed by atoms with Crippen molar-refractivity contribution >= 4 is 21.4 Å². The lowest BCUT2D eigenvalue weighted by Crippen LogP contribution is -2.14. The highest BCUT2D eigenvalue weighted by Gasteiger charge is 2.21. The Bertz CT molecular complexity index is 807. The van der Waals surface area contributed by atoms with Gasteiger partial charge in [-0.15, -0.1) is 0 Å². The maximum absolute atomic E-state index is 13.7. The minimum atomic E-state index is -4.26. The van der Waals surface area contributed by atoms with Gasteiger partial charge >= 0.3 is 0 Å². The summed E-state index contributed by atoms with van der Waals surface area (Å²) in [7, 11) is -4.26. The molecule has 0 saturated heterocycles. The first-order valence-electron chi connectivity index (χ1n) is 5.55. The van der Waals surface area contributed by atoms with Gasteiger partial charge in [-0.25, -0.2) is 12.8 Å². The van der Waals surface area contributed by atoms with Crippen LogP contribution in [-0.2, 0) is 10.0 Å². The first-order valence-corrected chi connectivity index (χ1v) is 7.04. The molecule has 0 spiro atoms. The van der Waals surface area contributed by atoms with Gasteiger partial charge in [0.25, 0.3) is 15.7 Å². The van der Waals surface area contributed by atoms with E-state index < -0.39 is 31.3 Å².